The average Bonchev–Trinajstić information content (AvgIpc) is 3.22. The lowest BCUT2D eigenvalue weighted by molar-refractivity contribution is 0.0715. The van der Waals surface area contributed by atoms with Gasteiger partial charge in [0.15, 0.2) is 5.89 Å². The van der Waals surface area contributed by atoms with Gasteiger partial charge < -0.3 is 9.32 Å². The first-order chi connectivity index (χ1) is 12.6. The molecule has 1 amide bonds. The minimum absolute atomic E-state index is 0.0498. The number of aromatic amines is 1. The van der Waals surface area contributed by atoms with Crippen molar-refractivity contribution in [2.45, 2.75) is 25.8 Å². The lowest BCUT2D eigenvalue weighted by atomic mass is 10.1. The van der Waals surface area contributed by atoms with Crippen molar-refractivity contribution in [2.75, 3.05) is 6.54 Å². The van der Waals surface area contributed by atoms with Gasteiger partial charge in [-0.1, -0.05) is 30.3 Å². The molecule has 3 heterocycles. The Balaban J connectivity index is 1.44. The third-order valence-electron chi connectivity index (χ3n) is 4.50. The van der Waals surface area contributed by atoms with Crippen LogP contribution in [-0.2, 0) is 32.9 Å². The van der Waals surface area contributed by atoms with Gasteiger partial charge in [0, 0.05) is 26.4 Å². The van der Waals surface area contributed by atoms with Crippen molar-refractivity contribution in [1.29, 1.82) is 0 Å². The van der Waals surface area contributed by atoms with Crippen molar-refractivity contribution in [1.82, 2.24) is 24.6 Å². The molecule has 8 nitrogen and oxygen atoms in total. The second kappa shape index (κ2) is 6.62. The number of fused-ring (bicyclic) bond motifs is 1. The first kappa shape index (κ1) is 16.3. The molecule has 4 rings (SSSR count). The van der Waals surface area contributed by atoms with Gasteiger partial charge in [-0.3, -0.25) is 9.78 Å². The molecule has 1 N–H and O–H groups in total. The molecule has 2 aromatic heterocycles. The molecule has 0 radical (unpaired) electrons. The molecule has 0 fully saturated rings. The maximum Gasteiger partial charge on any atom is 0.343 e. The summed E-state index contributed by atoms with van der Waals surface area (Å²) in [5, 5.41) is 3.92. The fourth-order valence-electron chi connectivity index (χ4n) is 3.08. The van der Waals surface area contributed by atoms with Crippen molar-refractivity contribution in [2.24, 2.45) is 7.05 Å². The fourth-order valence-corrected chi connectivity index (χ4v) is 3.08. The second-order valence-corrected chi connectivity index (χ2v) is 6.34. The molecule has 0 atom stereocenters. The Kier molecular flexibility index (Phi) is 4.16. The van der Waals surface area contributed by atoms with Gasteiger partial charge >= 0.3 is 5.69 Å². The Morgan fingerprint density at radius 3 is 2.81 bits per heavy atom. The number of aromatic nitrogens is 4. The summed E-state index contributed by atoms with van der Waals surface area (Å²) in [4.78, 5) is 32.6. The van der Waals surface area contributed by atoms with Crippen LogP contribution in [0.1, 0.15) is 33.5 Å². The van der Waals surface area contributed by atoms with E-state index in [1.807, 2.05) is 18.2 Å². The van der Waals surface area contributed by atoms with E-state index in [1.54, 1.807) is 4.90 Å². The zero-order valence-electron chi connectivity index (χ0n) is 14.4. The van der Waals surface area contributed by atoms with Crippen LogP contribution in [0, 0.1) is 0 Å². The number of rotatable bonds is 4. The molecule has 8 heteroatoms. The number of carbonyl (C=O) groups excluding carboxylic acids is 1. The van der Waals surface area contributed by atoms with E-state index in [2.05, 4.69) is 27.2 Å². The number of aryl methyl sites for hydroxylation is 3. The van der Waals surface area contributed by atoms with Gasteiger partial charge in [-0.05, 0) is 12.0 Å². The van der Waals surface area contributed by atoms with Crippen LogP contribution in [0.2, 0.25) is 0 Å². The first-order valence-electron chi connectivity index (χ1n) is 8.54. The highest BCUT2D eigenvalue weighted by molar-refractivity contribution is 5.90. The Morgan fingerprint density at radius 1 is 1.27 bits per heavy atom. The largest absolute Gasteiger partial charge is 0.445 e. The third-order valence-corrected chi connectivity index (χ3v) is 4.50. The number of nitrogens with zero attached hydrogens (tertiary/aromatic N) is 4. The number of hydrogen-bond acceptors (Lipinski definition) is 5. The van der Waals surface area contributed by atoms with E-state index in [-0.39, 0.29) is 11.7 Å². The summed E-state index contributed by atoms with van der Waals surface area (Å²) >= 11 is 0. The summed E-state index contributed by atoms with van der Waals surface area (Å²) in [7, 11) is 1.50. The second-order valence-electron chi connectivity index (χ2n) is 6.34. The molecular formula is C18H19N5O3. The summed E-state index contributed by atoms with van der Waals surface area (Å²) in [6, 6.07) is 10.2. The Bertz CT molecular complexity index is 986. The Morgan fingerprint density at radius 2 is 2.08 bits per heavy atom. The fraction of sp³-hybridized carbons (Fsp3) is 0.333. The number of hydrogen-bond donors (Lipinski definition) is 1. The zero-order valence-corrected chi connectivity index (χ0v) is 14.4. The van der Waals surface area contributed by atoms with Crippen molar-refractivity contribution >= 4 is 5.91 Å². The molecule has 0 saturated carbocycles. The minimum Gasteiger partial charge on any atom is -0.445 e. The standard InChI is InChI=1S/C18H19N5O3/c1-22-18(25)20-16(21-22)17(24)23-10-9-14-13(11-23)19-15(26-14)8-7-12-5-3-2-4-6-12/h2-6H,7-11H2,1H3,(H,20,21,25). The van der Waals surface area contributed by atoms with Crippen LogP contribution in [0.15, 0.2) is 39.5 Å². The molecule has 1 aromatic carbocycles. The predicted molar refractivity (Wildman–Crippen MR) is 92.6 cm³/mol. The zero-order chi connectivity index (χ0) is 18.1. The van der Waals surface area contributed by atoms with Gasteiger partial charge in [-0.25, -0.2) is 14.5 Å². The number of amides is 1. The monoisotopic (exact) mass is 353 g/mol. The molecular weight excluding hydrogens is 334 g/mol. The van der Waals surface area contributed by atoms with Crippen LogP contribution in [0.5, 0.6) is 0 Å². The van der Waals surface area contributed by atoms with Crippen LogP contribution >= 0.6 is 0 Å². The van der Waals surface area contributed by atoms with E-state index in [9.17, 15) is 9.59 Å². The maximum atomic E-state index is 12.5. The number of carbonyl (C=O) groups is 1. The minimum atomic E-state index is -0.407. The van der Waals surface area contributed by atoms with E-state index in [1.165, 1.54) is 12.6 Å². The van der Waals surface area contributed by atoms with Crippen molar-refractivity contribution in [3.05, 3.63) is 69.5 Å². The molecule has 1 aliphatic rings. The van der Waals surface area contributed by atoms with Crippen LogP contribution in [0.4, 0.5) is 0 Å². The van der Waals surface area contributed by atoms with Crippen molar-refractivity contribution < 1.29 is 9.21 Å². The summed E-state index contributed by atoms with van der Waals surface area (Å²) in [5.74, 6) is 1.28. The number of oxazole rings is 1. The van der Waals surface area contributed by atoms with Crippen LogP contribution in [0.25, 0.3) is 0 Å². The van der Waals surface area contributed by atoms with Crippen LogP contribution in [0.3, 0.4) is 0 Å². The van der Waals surface area contributed by atoms with Crippen molar-refractivity contribution in [3.63, 3.8) is 0 Å². The highest BCUT2D eigenvalue weighted by atomic mass is 16.4. The number of nitrogens with one attached hydrogen (secondary N) is 1. The lowest BCUT2D eigenvalue weighted by Gasteiger charge is -2.24. The van der Waals surface area contributed by atoms with E-state index in [0.717, 1.165) is 29.0 Å². The summed E-state index contributed by atoms with van der Waals surface area (Å²) < 4.78 is 6.97. The third kappa shape index (κ3) is 3.17. The average molecular weight is 353 g/mol. The van der Waals surface area contributed by atoms with Crippen molar-refractivity contribution in [3.8, 4) is 0 Å². The quantitative estimate of drug-likeness (QED) is 0.757. The molecule has 26 heavy (non-hydrogen) atoms. The molecule has 134 valence electrons. The van der Waals surface area contributed by atoms with Crippen LogP contribution in [-0.4, -0.2) is 37.1 Å². The smallest absolute Gasteiger partial charge is 0.343 e. The van der Waals surface area contributed by atoms with Gasteiger partial charge in [0.2, 0.25) is 5.82 Å². The maximum absolute atomic E-state index is 12.5. The summed E-state index contributed by atoms with van der Waals surface area (Å²) in [6.07, 6.45) is 2.19. The topological polar surface area (TPSA) is 97.0 Å². The predicted octanol–water partition coefficient (Wildman–Crippen LogP) is 1.08. The highest BCUT2D eigenvalue weighted by Gasteiger charge is 2.27. The van der Waals surface area contributed by atoms with E-state index in [0.29, 0.717) is 25.4 Å². The van der Waals surface area contributed by atoms with Gasteiger partial charge in [-0.15, -0.1) is 5.10 Å². The molecule has 0 bridgehead atoms. The van der Waals surface area contributed by atoms with E-state index >= 15 is 0 Å². The normalized spacial score (nSPS) is 13.7. The highest BCUT2D eigenvalue weighted by Crippen LogP contribution is 2.21. The molecule has 0 saturated heterocycles. The van der Waals surface area contributed by atoms with E-state index in [4.69, 9.17) is 4.42 Å². The SMILES string of the molecule is Cn1nc(C(=O)N2CCc3oc(CCc4ccccc4)nc3C2)[nH]c1=O. The van der Waals surface area contributed by atoms with E-state index < -0.39 is 5.69 Å². The first-order valence-corrected chi connectivity index (χ1v) is 8.54. The summed E-state index contributed by atoms with van der Waals surface area (Å²) in [5.41, 5.74) is 1.61. The molecule has 3 aromatic rings. The van der Waals surface area contributed by atoms with Gasteiger partial charge in [0.1, 0.15) is 11.5 Å². The number of H-pyrrole nitrogens is 1. The van der Waals surface area contributed by atoms with Gasteiger partial charge in [0.25, 0.3) is 5.91 Å². The van der Waals surface area contributed by atoms with Gasteiger partial charge in [0.05, 0.1) is 6.54 Å². The van der Waals surface area contributed by atoms with Crippen LogP contribution < -0.4 is 5.69 Å². The summed E-state index contributed by atoms with van der Waals surface area (Å²) in [6.45, 7) is 0.874. The van der Waals surface area contributed by atoms with Gasteiger partial charge in [-0.2, -0.15) is 0 Å². The molecule has 0 spiro atoms. The number of benzene rings is 1. The molecule has 1 aliphatic heterocycles. The molecule has 0 aliphatic carbocycles. The Hall–Kier alpha value is -3.16. The Labute approximate surface area is 149 Å². The lowest BCUT2D eigenvalue weighted by Crippen LogP contribution is -2.36. The molecule has 0 unspecified atom stereocenters.